The van der Waals surface area contributed by atoms with Crippen LogP contribution in [0.1, 0.15) is 30.7 Å². The lowest BCUT2D eigenvalue weighted by Crippen LogP contribution is -2.26. The molecule has 1 atom stereocenters. The van der Waals surface area contributed by atoms with Gasteiger partial charge >= 0.3 is 0 Å². The maximum atomic E-state index is 11.8. The zero-order valence-corrected chi connectivity index (χ0v) is 10.9. The fraction of sp³-hybridized carbons (Fsp3) is 0.267. The predicted octanol–water partition coefficient (Wildman–Crippen LogP) is 2.67. The summed E-state index contributed by atoms with van der Waals surface area (Å²) in [6.45, 7) is 1.90. The Morgan fingerprint density at radius 1 is 1.32 bits per heavy atom. The van der Waals surface area contributed by atoms with Gasteiger partial charge in [-0.15, -0.1) is 0 Å². The molecule has 0 unspecified atom stereocenters. The van der Waals surface area contributed by atoms with Gasteiger partial charge in [0.05, 0.1) is 12.3 Å². The molecular weight excluding hydrogens is 240 g/mol. The van der Waals surface area contributed by atoms with E-state index in [0.717, 1.165) is 17.0 Å². The lowest BCUT2D eigenvalue weighted by atomic mass is 10.1. The van der Waals surface area contributed by atoms with Crippen molar-refractivity contribution in [2.24, 2.45) is 0 Å². The van der Waals surface area contributed by atoms with Gasteiger partial charge in [0, 0.05) is 12.1 Å². The monoisotopic (exact) mass is 258 g/mol. The Bertz CT molecular complexity index is 535. The normalized spacial score (nSPS) is 12.1. The Hall–Kier alpha value is -2.23. The summed E-state index contributed by atoms with van der Waals surface area (Å²) in [4.78, 5) is 11.8. The molecule has 1 amide bonds. The van der Waals surface area contributed by atoms with Gasteiger partial charge in [0.2, 0.25) is 5.91 Å². The second-order valence-corrected chi connectivity index (χ2v) is 4.50. The molecule has 0 fully saturated rings. The Balaban J connectivity index is 1.84. The van der Waals surface area contributed by atoms with Crippen molar-refractivity contribution >= 4 is 11.6 Å². The molecule has 2 aromatic rings. The highest BCUT2D eigenvalue weighted by Gasteiger charge is 2.11. The average Bonchev–Trinajstić information content (AvgIpc) is 2.91. The largest absolute Gasteiger partial charge is 0.467 e. The third-order valence-corrected chi connectivity index (χ3v) is 3.02. The highest BCUT2D eigenvalue weighted by Crippen LogP contribution is 2.14. The minimum absolute atomic E-state index is 0.00727. The summed E-state index contributed by atoms with van der Waals surface area (Å²) in [5.74, 6) is 0.750. The zero-order chi connectivity index (χ0) is 13.7. The van der Waals surface area contributed by atoms with Crippen LogP contribution in [0.15, 0.2) is 47.1 Å². The van der Waals surface area contributed by atoms with E-state index in [2.05, 4.69) is 5.32 Å². The van der Waals surface area contributed by atoms with E-state index in [4.69, 9.17) is 10.2 Å². The second kappa shape index (κ2) is 6.09. The molecular formula is C15H18N2O2. The molecule has 1 aromatic heterocycles. The van der Waals surface area contributed by atoms with Crippen LogP contribution < -0.4 is 11.1 Å². The molecule has 4 nitrogen and oxygen atoms in total. The molecule has 1 aromatic carbocycles. The number of anilines is 1. The summed E-state index contributed by atoms with van der Waals surface area (Å²) in [5, 5.41) is 2.90. The molecule has 3 N–H and O–H groups in total. The lowest BCUT2D eigenvalue weighted by molar-refractivity contribution is -0.121. The van der Waals surface area contributed by atoms with Crippen molar-refractivity contribution in [1.82, 2.24) is 5.32 Å². The first-order valence-electron chi connectivity index (χ1n) is 6.33. The van der Waals surface area contributed by atoms with Crippen LogP contribution in [0.4, 0.5) is 5.69 Å². The molecule has 0 spiro atoms. The summed E-state index contributed by atoms with van der Waals surface area (Å²) in [6.07, 6.45) is 2.66. The Morgan fingerprint density at radius 2 is 2.11 bits per heavy atom. The van der Waals surface area contributed by atoms with Gasteiger partial charge in [0.25, 0.3) is 0 Å². The quantitative estimate of drug-likeness (QED) is 0.810. The molecule has 2 rings (SSSR count). The van der Waals surface area contributed by atoms with Crippen LogP contribution in [0.3, 0.4) is 0 Å². The van der Waals surface area contributed by atoms with Crippen LogP contribution in [0, 0.1) is 0 Å². The Kier molecular flexibility index (Phi) is 4.23. The van der Waals surface area contributed by atoms with Gasteiger partial charge in [-0.3, -0.25) is 4.79 Å². The number of nitrogens with two attached hydrogens (primary N) is 1. The van der Waals surface area contributed by atoms with Gasteiger partial charge < -0.3 is 15.5 Å². The van der Waals surface area contributed by atoms with Crippen molar-refractivity contribution in [2.75, 3.05) is 5.73 Å². The van der Waals surface area contributed by atoms with Gasteiger partial charge in [-0.2, -0.15) is 0 Å². The summed E-state index contributed by atoms with van der Waals surface area (Å²) in [7, 11) is 0. The van der Waals surface area contributed by atoms with Gasteiger partial charge in [0.1, 0.15) is 5.76 Å². The number of hydrogen-bond acceptors (Lipinski definition) is 3. The maximum absolute atomic E-state index is 11.8. The SMILES string of the molecule is C[C@H](NC(=O)CCc1ccccc1N)c1ccco1. The smallest absolute Gasteiger partial charge is 0.220 e. The zero-order valence-electron chi connectivity index (χ0n) is 10.9. The number of nitrogen functional groups attached to an aromatic ring is 1. The van der Waals surface area contributed by atoms with Crippen LogP contribution in [-0.4, -0.2) is 5.91 Å². The number of carbonyl (C=O) groups is 1. The van der Waals surface area contributed by atoms with E-state index in [9.17, 15) is 4.79 Å². The van der Waals surface area contributed by atoms with Crippen LogP contribution in [-0.2, 0) is 11.2 Å². The van der Waals surface area contributed by atoms with E-state index in [0.29, 0.717) is 12.8 Å². The minimum Gasteiger partial charge on any atom is -0.467 e. The van der Waals surface area contributed by atoms with Gasteiger partial charge in [-0.1, -0.05) is 18.2 Å². The van der Waals surface area contributed by atoms with E-state index in [-0.39, 0.29) is 11.9 Å². The molecule has 0 saturated heterocycles. The summed E-state index contributed by atoms with van der Waals surface area (Å²) >= 11 is 0. The summed E-state index contributed by atoms with van der Waals surface area (Å²) in [5.41, 5.74) is 7.57. The third kappa shape index (κ3) is 3.61. The molecule has 100 valence electrons. The molecule has 0 radical (unpaired) electrons. The number of carbonyl (C=O) groups excluding carboxylic acids is 1. The standard InChI is InChI=1S/C15H18N2O2/c1-11(14-7-4-10-19-14)17-15(18)9-8-12-5-2-3-6-13(12)16/h2-7,10-11H,8-9,16H2,1H3,(H,17,18)/t11-/m0/s1. The number of hydrogen-bond donors (Lipinski definition) is 2. The van der Waals surface area contributed by atoms with Crippen LogP contribution in [0.2, 0.25) is 0 Å². The molecule has 0 aliphatic heterocycles. The lowest BCUT2D eigenvalue weighted by Gasteiger charge is -2.11. The van der Waals surface area contributed by atoms with Crippen molar-refractivity contribution in [1.29, 1.82) is 0 Å². The van der Waals surface area contributed by atoms with E-state index in [1.165, 1.54) is 0 Å². The van der Waals surface area contributed by atoms with Crippen molar-refractivity contribution in [3.8, 4) is 0 Å². The first kappa shape index (κ1) is 13.2. The van der Waals surface area contributed by atoms with Crippen LogP contribution in [0.25, 0.3) is 0 Å². The van der Waals surface area contributed by atoms with E-state index < -0.39 is 0 Å². The minimum atomic E-state index is -0.115. The molecule has 0 saturated carbocycles. The van der Waals surface area contributed by atoms with Crippen molar-refractivity contribution in [2.45, 2.75) is 25.8 Å². The van der Waals surface area contributed by atoms with Crippen molar-refractivity contribution < 1.29 is 9.21 Å². The predicted molar refractivity (Wildman–Crippen MR) is 74.4 cm³/mol. The molecule has 4 heteroatoms. The fourth-order valence-electron chi connectivity index (χ4n) is 1.93. The van der Waals surface area contributed by atoms with E-state index >= 15 is 0 Å². The van der Waals surface area contributed by atoms with Crippen LogP contribution in [0.5, 0.6) is 0 Å². The third-order valence-electron chi connectivity index (χ3n) is 3.02. The number of benzene rings is 1. The maximum Gasteiger partial charge on any atom is 0.220 e. The number of rotatable bonds is 5. The Morgan fingerprint density at radius 3 is 2.79 bits per heavy atom. The highest BCUT2D eigenvalue weighted by molar-refractivity contribution is 5.76. The first-order chi connectivity index (χ1) is 9.16. The summed E-state index contributed by atoms with van der Waals surface area (Å²) < 4.78 is 5.24. The van der Waals surface area contributed by atoms with Gasteiger partial charge in [-0.25, -0.2) is 0 Å². The molecule has 19 heavy (non-hydrogen) atoms. The van der Waals surface area contributed by atoms with Gasteiger partial charge in [-0.05, 0) is 37.1 Å². The number of amides is 1. The summed E-state index contributed by atoms with van der Waals surface area (Å²) in [6, 6.07) is 11.1. The molecule has 0 bridgehead atoms. The number of nitrogens with one attached hydrogen (secondary N) is 1. The van der Waals surface area contributed by atoms with Crippen molar-refractivity contribution in [3.05, 3.63) is 54.0 Å². The Labute approximate surface area is 112 Å². The average molecular weight is 258 g/mol. The first-order valence-corrected chi connectivity index (χ1v) is 6.33. The molecule has 0 aliphatic carbocycles. The highest BCUT2D eigenvalue weighted by atomic mass is 16.3. The number of furan rings is 1. The molecule has 0 aliphatic rings. The fourth-order valence-corrected chi connectivity index (χ4v) is 1.93. The van der Waals surface area contributed by atoms with Crippen molar-refractivity contribution in [3.63, 3.8) is 0 Å². The number of para-hydroxylation sites is 1. The molecule has 1 heterocycles. The topological polar surface area (TPSA) is 68.3 Å². The van der Waals surface area contributed by atoms with Crippen LogP contribution >= 0.6 is 0 Å². The second-order valence-electron chi connectivity index (χ2n) is 4.50. The van der Waals surface area contributed by atoms with Gasteiger partial charge in [0.15, 0.2) is 0 Å². The van der Waals surface area contributed by atoms with E-state index in [1.54, 1.807) is 6.26 Å². The van der Waals surface area contributed by atoms with E-state index in [1.807, 2.05) is 43.3 Å². The number of aryl methyl sites for hydroxylation is 1.